The van der Waals surface area contributed by atoms with Gasteiger partial charge in [-0.1, -0.05) is 31.4 Å². The van der Waals surface area contributed by atoms with Crippen LogP contribution < -0.4 is 16.2 Å². The fourth-order valence-electron chi connectivity index (χ4n) is 2.39. The number of hydrogen-bond donors (Lipinski definition) is 2. The molecule has 1 aromatic rings. The van der Waals surface area contributed by atoms with Gasteiger partial charge in [-0.15, -0.1) is 0 Å². The highest BCUT2D eigenvalue weighted by molar-refractivity contribution is 6.32. The second-order valence-electron chi connectivity index (χ2n) is 5.28. The molecule has 0 aliphatic carbocycles. The van der Waals surface area contributed by atoms with Crippen molar-refractivity contribution in [2.45, 2.75) is 51.6 Å². The van der Waals surface area contributed by atoms with Gasteiger partial charge in [-0.3, -0.25) is 4.79 Å². The van der Waals surface area contributed by atoms with Gasteiger partial charge in [-0.25, -0.2) is 4.68 Å². The minimum absolute atomic E-state index is 0.207. The molecule has 5 nitrogen and oxygen atoms in total. The van der Waals surface area contributed by atoms with Crippen molar-refractivity contribution in [2.75, 3.05) is 18.4 Å². The summed E-state index contributed by atoms with van der Waals surface area (Å²) < 4.78 is 1.44. The maximum atomic E-state index is 12.1. The van der Waals surface area contributed by atoms with Gasteiger partial charge in [0, 0.05) is 19.1 Å². The molecule has 1 atom stereocenters. The van der Waals surface area contributed by atoms with Gasteiger partial charge in [0.15, 0.2) is 0 Å². The lowest BCUT2D eigenvalue weighted by atomic mass is 10.1. The molecule has 1 saturated heterocycles. The van der Waals surface area contributed by atoms with E-state index >= 15 is 0 Å². The Morgan fingerprint density at radius 1 is 1.55 bits per heavy atom. The number of nitrogens with one attached hydrogen (secondary N) is 2. The average molecular weight is 299 g/mol. The Balaban J connectivity index is 1.97. The monoisotopic (exact) mass is 298 g/mol. The lowest BCUT2D eigenvalue weighted by Crippen LogP contribution is -2.39. The zero-order valence-electron chi connectivity index (χ0n) is 12.0. The van der Waals surface area contributed by atoms with Crippen LogP contribution in [0.25, 0.3) is 0 Å². The summed E-state index contributed by atoms with van der Waals surface area (Å²) >= 11 is 6.14. The van der Waals surface area contributed by atoms with Crippen LogP contribution in [0.1, 0.15) is 39.0 Å². The van der Waals surface area contributed by atoms with Crippen molar-refractivity contribution in [3.8, 4) is 0 Å². The van der Waals surface area contributed by atoms with E-state index in [1.54, 1.807) is 6.20 Å². The number of piperidine rings is 1. The summed E-state index contributed by atoms with van der Waals surface area (Å²) in [5.74, 6) is 0. The topological polar surface area (TPSA) is 59.0 Å². The Hall–Kier alpha value is -1.07. The first kappa shape index (κ1) is 15.3. The molecule has 0 aromatic carbocycles. The van der Waals surface area contributed by atoms with E-state index in [1.165, 1.54) is 17.5 Å². The standard InChI is InChI=1S/C14H23ClN4O/c1-2-3-8-19-14(20)13(15)12(10-18-19)17-9-11-6-4-5-7-16-11/h10-11,16-17H,2-9H2,1H3. The van der Waals surface area contributed by atoms with Crippen molar-refractivity contribution in [3.63, 3.8) is 0 Å². The number of halogens is 1. The summed E-state index contributed by atoms with van der Waals surface area (Å²) in [6.07, 6.45) is 7.27. The Morgan fingerprint density at radius 3 is 3.10 bits per heavy atom. The van der Waals surface area contributed by atoms with E-state index in [-0.39, 0.29) is 10.6 Å². The molecule has 1 fully saturated rings. The molecule has 0 spiro atoms. The number of nitrogens with zero attached hydrogens (tertiary/aromatic N) is 2. The molecule has 0 amide bonds. The zero-order valence-corrected chi connectivity index (χ0v) is 12.7. The van der Waals surface area contributed by atoms with Gasteiger partial charge in [0.1, 0.15) is 5.02 Å². The van der Waals surface area contributed by atoms with Gasteiger partial charge in [0.05, 0.1) is 11.9 Å². The third-order valence-corrected chi connectivity index (χ3v) is 4.02. The SMILES string of the molecule is CCCCn1ncc(NCC2CCCCN2)c(Cl)c1=O. The fourth-order valence-corrected chi connectivity index (χ4v) is 2.60. The molecule has 1 aliphatic heterocycles. The molecule has 20 heavy (non-hydrogen) atoms. The van der Waals surface area contributed by atoms with Crippen LogP contribution in [0.3, 0.4) is 0 Å². The van der Waals surface area contributed by atoms with Crippen molar-refractivity contribution in [1.29, 1.82) is 0 Å². The molecule has 0 bridgehead atoms. The van der Waals surface area contributed by atoms with Crippen LogP contribution in [0.15, 0.2) is 11.0 Å². The van der Waals surface area contributed by atoms with Gasteiger partial charge in [-0.05, 0) is 25.8 Å². The van der Waals surface area contributed by atoms with Crippen LogP contribution in [-0.4, -0.2) is 28.9 Å². The maximum absolute atomic E-state index is 12.1. The van der Waals surface area contributed by atoms with E-state index in [2.05, 4.69) is 22.7 Å². The van der Waals surface area contributed by atoms with Crippen molar-refractivity contribution in [1.82, 2.24) is 15.1 Å². The van der Waals surface area contributed by atoms with E-state index in [0.717, 1.165) is 32.4 Å². The first-order valence-corrected chi connectivity index (χ1v) is 7.83. The summed E-state index contributed by atoms with van der Waals surface area (Å²) in [6, 6.07) is 0.447. The Labute approximate surface area is 124 Å². The maximum Gasteiger partial charge on any atom is 0.287 e. The molecular formula is C14H23ClN4O. The number of aryl methyl sites for hydroxylation is 1. The van der Waals surface area contributed by atoms with Crippen molar-refractivity contribution < 1.29 is 0 Å². The first-order valence-electron chi connectivity index (χ1n) is 7.45. The molecule has 1 unspecified atom stereocenters. The molecule has 2 N–H and O–H groups in total. The lowest BCUT2D eigenvalue weighted by Gasteiger charge is -2.24. The van der Waals surface area contributed by atoms with E-state index < -0.39 is 0 Å². The van der Waals surface area contributed by atoms with Crippen LogP contribution in [0.5, 0.6) is 0 Å². The number of aromatic nitrogens is 2. The third-order valence-electron chi connectivity index (χ3n) is 3.66. The van der Waals surface area contributed by atoms with E-state index in [9.17, 15) is 4.79 Å². The lowest BCUT2D eigenvalue weighted by molar-refractivity contribution is 0.414. The second kappa shape index (κ2) is 7.64. The minimum Gasteiger partial charge on any atom is -0.381 e. The average Bonchev–Trinajstić information content (AvgIpc) is 2.49. The summed E-state index contributed by atoms with van der Waals surface area (Å²) in [6.45, 7) is 4.55. The van der Waals surface area contributed by atoms with E-state index in [0.29, 0.717) is 18.3 Å². The number of unbranched alkanes of at least 4 members (excludes halogenated alkanes) is 1. The highest BCUT2D eigenvalue weighted by Crippen LogP contribution is 2.16. The van der Waals surface area contributed by atoms with Crippen LogP contribution in [-0.2, 0) is 6.54 Å². The molecule has 0 saturated carbocycles. The predicted molar refractivity (Wildman–Crippen MR) is 82.5 cm³/mol. The third kappa shape index (κ3) is 3.96. The Kier molecular flexibility index (Phi) is 5.86. The molecule has 6 heteroatoms. The predicted octanol–water partition coefficient (Wildman–Crippen LogP) is 2.25. The number of rotatable bonds is 6. The van der Waals surface area contributed by atoms with Crippen LogP contribution >= 0.6 is 11.6 Å². The highest BCUT2D eigenvalue weighted by atomic mass is 35.5. The molecule has 1 aliphatic rings. The fraction of sp³-hybridized carbons (Fsp3) is 0.714. The molecule has 2 heterocycles. The zero-order chi connectivity index (χ0) is 14.4. The first-order chi connectivity index (χ1) is 9.72. The van der Waals surface area contributed by atoms with Crippen LogP contribution in [0, 0.1) is 0 Å². The van der Waals surface area contributed by atoms with E-state index in [4.69, 9.17) is 11.6 Å². The molecule has 0 radical (unpaired) electrons. The Bertz CT molecular complexity index is 483. The van der Waals surface area contributed by atoms with Crippen LogP contribution in [0.2, 0.25) is 5.02 Å². The summed E-state index contributed by atoms with van der Waals surface area (Å²) in [4.78, 5) is 12.1. The van der Waals surface area contributed by atoms with Gasteiger partial charge < -0.3 is 10.6 Å². The summed E-state index contributed by atoms with van der Waals surface area (Å²) in [5, 5.41) is 11.1. The van der Waals surface area contributed by atoms with Gasteiger partial charge in [-0.2, -0.15) is 5.10 Å². The van der Waals surface area contributed by atoms with Gasteiger partial charge in [0.25, 0.3) is 5.56 Å². The molecule has 112 valence electrons. The van der Waals surface area contributed by atoms with Crippen molar-refractivity contribution in [3.05, 3.63) is 21.6 Å². The highest BCUT2D eigenvalue weighted by Gasteiger charge is 2.14. The summed E-state index contributed by atoms with van der Waals surface area (Å²) in [5.41, 5.74) is 0.429. The van der Waals surface area contributed by atoms with E-state index in [1.807, 2.05) is 0 Å². The largest absolute Gasteiger partial charge is 0.381 e. The number of anilines is 1. The van der Waals surface area contributed by atoms with Crippen LogP contribution in [0.4, 0.5) is 5.69 Å². The summed E-state index contributed by atoms with van der Waals surface area (Å²) in [7, 11) is 0. The molecular weight excluding hydrogens is 276 g/mol. The molecule has 2 rings (SSSR count). The van der Waals surface area contributed by atoms with Gasteiger partial charge in [0.2, 0.25) is 0 Å². The van der Waals surface area contributed by atoms with Gasteiger partial charge >= 0.3 is 0 Å². The number of hydrogen-bond acceptors (Lipinski definition) is 4. The smallest absolute Gasteiger partial charge is 0.287 e. The quantitative estimate of drug-likeness (QED) is 0.846. The van der Waals surface area contributed by atoms with Crippen molar-refractivity contribution >= 4 is 17.3 Å². The Morgan fingerprint density at radius 2 is 2.40 bits per heavy atom. The second-order valence-corrected chi connectivity index (χ2v) is 5.66. The van der Waals surface area contributed by atoms with Crippen molar-refractivity contribution in [2.24, 2.45) is 0 Å². The molecule has 1 aromatic heterocycles. The normalized spacial score (nSPS) is 19.0. The minimum atomic E-state index is -0.207.